The van der Waals surface area contributed by atoms with E-state index in [1.165, 1.54) is 37.0 Å². The van der Waals surface area contributed by atoms with Gasteiger partial charge in [-0.05, 0) is 85.5 Å². The van der Waals surface area contributed by atoms with Gasteiger partial charge in [0.2, 0.25) is 6.17 Å². The molecule has 3 rings (SSSR count). The van der Waals surface area contributed by atoms with Gasteiger partial charge < -0.3 is 4.74 Å². The van der Waals surface area contributed by atoms with Crippen LogP contribution in [-0.2, 0) is 17.8 Å². The molecule has 0 bridgehead atoms. The molecule has 1 nitrogen and oxygen atoms in total. The van der Waals surface area contributed by atoms with Gasteiger partial charge in [0, 0.05) is 0 Å². The van der Waals surface area contributed by atoms with Gasteiger partial charge in [-0.25, -0.2) is 4.39 Å². The zero-order chi connectivity index (χ0) is 23.7. The van der Waals surface area contributed by atoms with E-state index in [0.717, 1.165) is 43.6 Å². The number of benzene rings is 2. The molecule has 1 atom stereocenters. The highest BCUT2D eigenvalue weighted by Crippen LogP contribution is 2.39. The van der Waals surface area contributed by atoms with Crippen molar-refractivity contribution < 1.29 is 17.9 Å². The average Bonchev–Trinajstić information content (AvgIpc) is 2.85. The van der Waals surface area contributed by atoms with Crippen molar-refractivity contribution >= 4 is 0 Å². The third-order valence-electron chi connectivity index (χ3n) is 6.71. The van der Waals surface area contributed by atoms with Crippen molar-refractivity contribution in [1.82, 2.24) is 0 Å². The first-order chi connectivity index (χ1) is 15.9. The minimum absolute atomic E-state index is 0.0820. The molecule has 1 unspecified atom stereocenters. The molecule has 33 heavy (non-hydrogen) atoms. The quantitative estimate of drug-likeness (QED) is 0.290. The summed E-state index contributed by atoms with van der Waals surface area (Å²) in [4.78, 5) is 0. The van der Waals surface area contributed by atoms with Crippen LogP contribution < -0.4 is 0 Å². The summed E-state index contributed by atoms with van der Waals surface area (Å²) in [6.45, 7) is 7.13. The highest BCUT2D eigenvalue weighted by molar-refractivity contribution is 5.27. The first-order valence-corrected chi connectivity index (χ1v) is 12.0. The van der Waals surface area contributed by atoms with Gasteiger partial charge in [0.25, 0.3) is 0 Å². The van der Waals surface area contributed by atoms with Crippen LogP contribution >= 0.6 is 0 Å². The molecular formula is C29H35F3O. The number of hydrogen-bond donors (Lipinski definition) is 0. The molecule has 1 aliphatic carbocycles. The predicted molar refractivity (Wildman–Crippen MR) is 129 cm³/mol. The zero-order valence-electron chi connectivity index (χ0n) is 19.3. The number of alkyl halides is 3. The van der Waals surface area contributed by atoms with Crippen LogP contribution in [-0.4, -0.2) is 6.11 Å². The maximum absolute atomic E-state index is 14.5. The van der Waals surface area contributed by atoms with Crippen molar-refractivity contribution in [3.8, 4) is 0 Å². The molecule has 0 aliphatic heterocycles. The van der Waals surface area contributed by atoms with E-state index in [1.54, 1.807) is 18.2 Å². The second-order valence-corrected chi connectivity index (χ2v) is 9.11. The van der Waals surface area contributed by atoms with E-state index in [-0.39, 0.29) is 12.2 Å². The molecule has 0 saturated heterocycles. The highest BCUT2D eigenvalue weighted by Gasteiger charge is 2.42. The zero-order valence-corrected chi connectivity index (χ0v) is 19.3. The van der Waals surface area contributed by atoms with Crippen LogP contribution in [0.3, 0.4) is 0 Å². The molecule has 2 aromatic rings. The number of allylic oxidation sites excluding steroid dienone is 2. The average molecular weight is 457 g/mol. The number of rotatable bonds is 12. The van der Waals surface area contributed by atoms with Crippen LogP contribution in [0.15, 0.2) is 73.8 Å². The Morgan fingerprint density at radius 2 is 1.48 bits per heavy atom. The molecule has 178 valence electrons. The third kappa shape index (κ3) is 7.33. The lowest BCUT2D eigenvalue weighted by atomic mass is 9.77. The van der Waals surface area contributed by atoms with E-state index >= 15 is 0 Å². The fraction of sp³-hybridized carbons (Fsp3) is 0.448. The van der Waals surface area contributed by atoms with Gasteiger partial charge in [0.05, 0.1) is 6.61 Å². The number of aryl methyl sites for hydroxylation is 1. The van der Waals surface area contributed by atoms with Crippen molar-refractivity contribution in [1.29, 1.82) is 0 Å². The summed E-state index contributed by atoms with van der Waals surface area (Å²) in [7, 11) is 0. The number of hydrogen-bond acceptors (Lipinski definition) is 1. The summed E-state index contributed by atoms with van der Waals surface area (Å²) in [5, 5.41) is 0. The summed E-state index contributed by atoms with van der Waals surface area (Å²) in [6, 6.07) is 13.8. The Labute approximate surface area is 196 Å². The van der Waals surface area contributed by atoms with E-state index < -0.39 is 12.3 Å². The second-order valence-electron chi connectivity index (χ2n) is 9.11. The predicted octanol–water partition coefficient (Wildman–Crippen LogP) is 8.87. The van der Waals surface area contributed by atoms with Crippen LogP contribution in [0, 0.1) is 5.92 Å². The third-order valence-corrected chi connectivity index (χ3v) is 6.71. The van der Waals surface area contributed by atoms with E-state index in [9.17, 15) is 13.2 Å². The minimum atomic E-state index is -3.90. The molecule has 0 radical (unpaired) electrons. The van der Waals surface area contributed by atoms with Gasteiger partial charge >= 0.3 is 6.11 Å². The number of halogens is 3. The first-order valence-electron chi connectivity index (χ1n) is 12.0. The molecule has 0 N–H and O–H groups in total. The Morgan fingerprint density at radius 1 is 0.879 bits per heavy atom. The molecule has 0 spiro atoms. The van der Waals surface area contributed by atoms with Crippen LogP contribution in [0.4, 0.5) is 13.2 Å². The van der Waals surface area contributed by atoms with Gasteiger partial charge in [0.1, 0.15) is 0 Å². The van der Waals surface area contributed by atoms with Gasteiger partial charge in [-0.3, -0.25) is 0 Å². The van der Waals surface area contributed by atoms with Crippen molar-refractivity contribution in [3.05, 3.63) is 96.1 Å². The van der Waals surface area contributed by atoms with E-state index in [4.69, 9.17) is 4.74 Å². The highest BCUT2D eigenvalue weighted by atomic mass is 19.3. The lowest BCUT2D eigenvalue weighted by Gasteiger charge is -2.28. The molecule has 0 heterocycles. The smallest absolute Gasteiger partial charge is 0.313 e. The molecule has 1 aliphatic rings. The van der Waals surface area contributed by atoms with Gasteiger partial charge in [-0.1, -0.05) is 60.7 Å². The van der Waals surface area contributed by atoms with Crippen LogP contribution in [0.25, 0.3) is 0 Å². The van der Waals surface area contributed by atoms with Crippen molar-refractivity contribution in [3.63, 3.8) is 0 Å². The van der Waals surface area contributed by atoms with E-state index in [2.05, 4.69) is 13.2 Å². The monoisotopic (exact) mass is 456 g/mol. The SMILES string of the molecule is C=CCCc1ccc(C(F)C(F)(F)OCc2ccc(C3CCC(CCC=C)CC3)cc2)cc1. The molecule has 0 amide bonds. The maximum atomic E-state index is 14.5. The largest absolute Gasteiger partial charge is 0.391 e. The Kier molecular flexibility index (Phi) is 9.37. The molecule has 1 fully saturated rings. The molecule has 4 heteroatoms. The van der Waals surface area contributed by atoms with Gasteiger partial charge in [-0.15, -0.1) is 13.2 Å². The van der Waals surface area contributed by atoms with Crippen molar-refractivity contribution in [2.75, 3.05) is 0 Å². The Morgan fingerprint density at radius 3 is 2.09 bits per heavy atom. The van der Waals surface area contributed by atoms with Gasteiger partial charge in [-0.2, -0.15) is 8.78 Å². The molecule has 0 aromatic heterocycles. The molecule has 1 saturated carbocycles. The topological polar surface area (TPSA) is 9.23 Å². The van der Waals surface area contributed by atoms with Crippen molar-refractivity contribution in [2.45, 2.75) is 76.2 Å². The number of ether oxygens (including phenoxy) is 1. The summed E-state index contributed by atoms with van der Waals surface area (Å²) in [6.07, 6.45) is 5.97. The Bertz CT molecular complexity index is 865. The van der Waals surface area contributed by atoms with E-state index in [1.807, 2.05) is 30.3 Å². The Balaban J connectivity index is 1.50. The summed E-state index contributed by atoms with van der Waals surface area (Å²) in [5.41, 5.74) is 2.74. The summed E-state index contributed by atoms with van der Waals surface area (Å²) in [5.74, 6) is 1.30. The molecule has 2 aromatic carbocycles. The fourth-order valence-electron chi connectivity index (χ4n) is 4.59. The first kappa shape index (κ1) is 25.3. The van der Waals surface area contributed by atoms with E-state index in [0.29, 0.717) is 11.5 Å². The van der Waals surface area contributed by atoms with Crippen LogP contribution in [0.5, 0.6) is 0 Å². The normalized spacial score (nSPS) is 19.7. The minimum Gasteiger partial charge on any atom is -0.313 e. The second kappa shape index (κ2) is 12.2. The Hall–Kier alpha value is -2.33. The fourth-order valence-corrected chi connectivity index (χ4v) is 4.59. The van der Waals surface area contributed by atoms with Crippen LogP contribution in [0.1, 0.15) is 79.3 Å². The molecular weight excluding hydrogens is 421 g/mol. The lowest BCUT2D eigenvalue weighted by Crippen LogP contribution is -2.27. The van der Waals surface area contributed by atoms with Crippen molar-refractivity contribution in [2.24, 2.45) is 5.92 Å². The van der Waals surface area contributed by atoms with Gasteiger partial charge in [0.15, 0.2) is 0 Å². The standard InChI is InChI=1S/C29H35F3O/c1-3-5-7-22-9-15-25(16-10-22)26-17-13-24(14-18-26)21-33-29(31,32)28(30)27-19-11-23(12-20-27)8-6-4-2/h3-4,11-14,17-20,22,25,28H,1-2,5-10,15-16,21H2. The summed E-state index contributed by atoms with van der Waals surface area (Å²) < 4.78 is 48.0. The maximum Gasteiger partial charge on any atom is 0.391 e. The lowest BCUT2D eigenvalue weighted by molar-refractivity contribution is -0.282. The summed E-state index contributed by atoms with van der Waals surface area (Å²) >= 11 is 0. The van der Waals surface area contributed by atoms with Crippen LogP contribution in [0.2, 0.25) is 0 Å².